The molecule has 3 aromatic rings. The Bertz CT molecular complexity index is 981. The zero-order valence-corrected chi connectivity index (χ0v) is 16.0. The molecule has 0 aromatic heterocycles. The number of hydrogen-bond acceptors (Lipinski definition) is 3. The molecular weight excluding hydrogens is 350 g/mol. The molecule has 28 heavy (non-hydrogen) atoms. The van der Waals surface area contributed by atoms with Gasteiger partial charge in [-0.15, -0.1) is 0 Å². The molecule has 3 aromatic carbocycles. The first-order valence-corrected chi connectivity index (χ1v) is 9.08. The molecule has 0 bridgehead atoms. The van der Waals surface area contributed by atoms with Crippen LogP contribution in [0, 0.1) is 13.8 Å². The highest BCUT2D eigenvalue weighted by atomic mass is 16.2. The molecule has 0 atom stereocenters. The van der Waals surface area contributed by atoms with Crippen LogP contribution in [0.25, 0.3) is 0 Å². The van der Waals surface area contributed by atoms with Gasteiger partial charge in [0.1, 0.15) is 0 Å². The lowest BCUT2D eigenvalue weighted by Gasteiger charge is -2.10. The molecule has 3 rings (SSSR count). The van der Waals surface area contributed by atoms with Crippen molar-refractivity contribution in [2.24, 2.45) is 0 Å². The molecule has 5 heteroatoms. The van der Waals surface area contributed by atoms with E-state index in [1.807, 2.05) is 68.4 Å². The van der Waals surface area contributed by atoms with Crippen molar-refractivity contribution in [3.05, 3.63) is 89.5 Å². The standard InChI is InChI=1S/C23H23N3O2/c1-16-5-3-7-18(13-16)23(28)26-20-11-9-19(10-12-20)24-15-22(27)25-21-8-4-6-17(2)14-21/h3-14,24H,15H2,1-2H3,(H,25,27)(H,26,28). The second-order valence-corrected chi connectivity index (χ2v) is 6.67. The topological polar surface area (TPSA) is 70.2 Å². The molecule has 0 heterocycles. The van der Waals surface area contributed by atoms with Crippen LogP contribution >= 0.6 is 0 Å². The van der Waals surface area contributed by atoms with Gasteiger partial charge in [0.2, 0.25) is 5.91 Å². The fraction of sp³-hybridized carbons (Fsp3) is 0.130. The summed E-state index contributed by atoms with van der Waals surface area (Å²) in [5, 5.41) is 8.80. The first-order valence-electron chi connectivity index (χ1n) is 9.08. The average molecular weight is 373 g/mol. The fourth-order valence-electron chi connectivity index (χ4n) is 2.77. The largest absolute Gasteiger partial charge is 0.376 e. The Hall–Kier alpha value is -3.60. The summed E-state index contributed by atoms with van der Waals surface area (Å²) in [5.74, 6) is -0.274. The van der Waals surface area contributed by atoms with E-state index in [0.717, 1.165) is 22.5 Å². The number of hydrogen-bond donors (Lipinski definition) is 3. The predicted octanol–water partition coefficient (Wildman–Crippen LogP) is 4.61. The molecule has 3 N–H and O–H groups in total. The van der Waals surface area contributed by atoms with E-state index in [4.69, 9.17) is 0 Å². The number of benzene rings is 3. The fourth-order valence-corrected chi connectivity index (χ4v) is 2.77. The lowest BCUT2D eigenvalue weighted by atomic mass is 10.1. The summed E-state index contributed by atoms with van der Waals surface area (Å²) >= 11 is 0. The summed E-state index contributed by atoms with van der Waals surface area (Å²) in [6, 6.07) is 22.4. The van der Waals surface area contributed by atoms with Gasteiger partial charge < -0.3 is 16.0 Å². The van der Waals surface area contributed by atoms with Crippen molar-refractivity contribution in [3.8, 4) is 0 Å². The number of nitrogens with one attached hydrogen (secondary N) is 3. The van der Waals surface area contributed by atoms with Crippen LogP contribution in [0.1, 0.15) is 21.5 Å². The smallest absolute Gasteiger partial charge is 0.255 e. The van der Waals surface area contributed by atoms with E-state index >= 15 is 0 Å². The van der Waals surface area contributed by atoms with Crippen molar-refractivity contribution in [3.63, 3.8) is 0 Å². The molecular formula is C23H23N3O2. The van der Waals surface area contributed by atoms with E-state index in [1.165, 1.54) is 0 Å². The van der Waals surface area contributed by atoms with Crippen LogP contribution in [-0.4, -0.2) is 18.4 Å². The Balaban J connectivity index is 1.51. The van der Waals surface area contributed by atoms with Gasteiger partial charge in [-0.3, -0.25) is 9.59 Å². The summed E-state index contributed by atoms with van der Waals surface area (Å²) in [5.41, 5.74) is 5.02. The quantitative estimate of drug-likeness (QED) is 0.591. The summed E-state index contributed by atoms with van der Waals surface area (Å²) in [4.78, 5) is 24.3. The van der Waals surface area contributed by atoms with E-state index in [0.29, 0.717) is 11.3 Å². The van der Waals surface area contributed by atoms with Crippen LogP contribution in [0.3, 0.4) is 0 Å². The van der Waals surface area contributed by atoms with Crippen LogP contribution in [0.15, 0.2) is 72.8 Å². The Morgan fingerprint density at radius 3 is 2.04 bits per heavy atom. The van der Waals surface area contributed by atoms with Crippen LogP contribution in [-0.2, 0) is 4.79 Å². The molecule has 0 fully saturated rings. The van der Waals surface area contributed by atoms with Crippen molar-refractivity contribution in [1.82, 2.24) is 0 Å². The van der Waals surface area contributed by atoms with Gasteiger partial charge in [0.25, 0.3) is 5.91 Å². The maximum absolute atomic E-state index is 12.3. The number of carbonyl (C=O) groups excluding carboxylic acids is 2. The number of aryl methyl sites for hydroxylation is 2. The normalized spacial score (nSPS) is 10.2. The number of carbonyl (C=O) groups is 2. The van der Waals surface area contributed by atoms with Gasteiger partial charge in [0.05, 0.1) is 6.54 Å². The lowest BCUT2D eigenvalue weighted by Crippen LogP contribution is -2.21. The lowest BCUT2D eigenvalue weighted by molar-refractivity contribution is -0.114. The molecule has 0 unspecified atom stereocenters. The number of anilines is 3. The number of rotatable bonds is 6. The summed E-state index contributed by atoms with van der Waals surface area (Å²) in [6.45, 7) is 4.09. The Kier molecular flexibility index (Phi) is 6.07. The van der Waals surface area contributed by atoms with Crippen molar-refractivity contribution >= 4 is 28.9 Å². The maximum Gasteiger partial charge on any atom is 0.255 e. The van der Waals surface area contributed by atoms with E-state index in [2.05, 4.69) is 16.0 Å². The number of amides is 2. The zero-order chi connectivity index (χ0) is 19.9. The maximum atomic E-state index is 12.3. The molecule has 0 aliphatic carbocycles. The van der Waals surface area contributed by atoms with Crippen LogP contribution in [0.2, 0.25) is 0 Å². The zero-order valence-electron chi connectivity index (χ0n) is 16.0. The third-order valence-corrected chi connectivity index (χ3v) is 4.18. The van der Waals surface area contributed by atoms with Crippen LogP contribution < -0.4 is 16.0 Å². The first-order chi connectivity index (χ1) is 13.5. The molecule has 0 radical (unpaired) electrons. The minimum absolute atomic E-state index is 0.123. The Labute approximate surface area is 164 Å². The molecule has 0 saturated heterocycles. The van der Waals surface area contributed by atoms with Crippen LogP contribution in [0.5, 0.6) is 0 Å². The predicted molar refractivity (Wildman–Crippen MR) is 114 cm³/mol. The summed E-state index contributed by atoms with van der Waals surface area (Å²) in [7, 11) is 0. The molecule has 0 saturated carbocycles. The van der Waals surface area contributed by atoms with Crippen LogP contribution in [0.4, 0.5) is 17.1 Å². The summed E-state index contributed by atoms with van der Waals surface area (Å²) < 4.78 is 0. The highest BCUT2D eigenvalue weighted by molar-refractivity contribution is 6.04. The second kappa shape index (κ2) is 8.86. The van der Waals surface area contributed by atoms with Gasteiger partial charge in [-0.05, 0) is 67.9 Å². The van der Waals surface area contributed by atoms with E-state index in [1.54, 1.807) is 18.2 Å². The minimum atomic E-state index is -0.151. The Morgan fingerprint density at radius 2 is 1.36 bits per heavy atom. The molecule has 0 spiro atoms. The van der Waals surface area contributed by atoms with Gasteiger partial charge in [0, 0.05) is 22.6 Å². The van der Waals surface area contributed by atoms with Gasteiger partial charge in [0.15, 0.2) is 0 Å². The molecule has 2 amide bonds. The van der Waals surface area contributed by atoms with E-state index in [-0.39, 0.29) is 18.4 Å². The monoisotopic (exact) mass is 373 g/mol. The SMILES string of the molecule is Cc1cccc(NC(=O)CNc2ccc(NC(=O)c3cccc(C)c3)cc2)c1. The van der Waals surface area contributed by atoms with E-state index < -0.39 is 0 Å². The van der Waals surface area contributed by atoms with Crippen molar-refractivity contribution < 1.29 is 9.59 Å². The van der Waals surface area contributed by atoms with Crippen molar-refractivity contribution in [2.45, 2.75) is 13.8 Å². The highest BCUT2D eigenvalue weighted by Crippen LogP contribution is 2.15. The van der Waals surface area contributed by atoms with Gasteiger partial charge in [-0.2, -0.15) is 0 Å². The third kappa shape index (κ3) is 5.45. The summed E-state index contributed by atoms with van der Waals surface area (Å²) in [6.07, 6.45) is 0. The van der Waals surface area contributed by atoms with Gasteiger partial charge in [-0.1, -0.05) is 29.8 Å². The minimum Gasteiger partial charge on any atom is -0.376 e. The Morgan fingerprint density at radius 1 is 0.714 bits per heavy atom. The van der Waals surface area contributed by atoms with Crippen molar-refractivity contribution in [1.29, 1.82) is 0 Å². The molecule has 0 aliphatic heterocycles. The molecule has 0 aliphatic rings. The molecule has 5 nitrogen and oxygen atoms in total. The van der Waals surface area contributed by atoms with Gasteiger partial charge >= 0.3 is 0 Å². The van der Waals surface area contributed by atoms with E-state index in [9.17, 15) is 9.59 Å². The first kappa shape index (κ1) is 19.2. The second-order valence-electron chi connectivity index (χ2n) is 6.67. The van der Waals surface area contributed by atoms with Crippen molar-refractivity contribution in [2.75, 3.05) is 22.5 Å². The van der Waals surface area contributed by atoms with Gasteiger partial charge in [-0.25, -0.2) is 0 Å². The molecule has 142 valence electrons. The third-order valence-electron chi connectivity index (χ3n) is 4.18. The highest BCUT2D eigenvalue weighted by Gasteiger charge is 2.06. The average Bonchev–Trinajstić information content (AvgIpc) is 2.67.